The van der Waals surface area contributed by atoms with Crippen LogP contribution in [0, 0.1) is 0 Å². The van der Waals surface area contributed by atoms with Gasteiger partial charge in [0.05, 0.1) is 6.54 Å². The number of nitrogens with zero attached hydrogens (tertiary/aromatic N) is 3. The summed E-state index contributed by atoms with van der Waals surface area (Å²) < 4.78 is 1.49. The maximum absolute atomic E-state index is 11.0. The molecule has 2 aromatic rings. The molecule has 4 nitrogen and oxygen atoms in total. The van der Waals surface area contributed by atoms with Gasteiger partial charge < -0.3 is 5.11 Å². The molecule has 1 N–H and O–H groups in total. The summed E-state index contributed by atoms with van der Waals surface area (Å²) in [6, 6.07) is 4.86. The molecule has 0 aliphatic rings. The maximum atomic E-state index is 11.0. The average Bonchev–Trinajstić information content (AvgIpc) is 2.90. The second kappa shape index (κ2) is 6.99. The zero-order chi connectivity index (χ0) is 15.5. The summed E-state index contributed by atoms with van der Waals surface area (Å²) >= 11 is 23.7. The van der Waals surface area contributed by atoms with Gasteiger partial charge in [-0.25, -0.2) is 9.67 Å². The molecule has 8 heteroatoms. The van der Waals surface area contributed by atoms with E-state index in [0.29, 0.717) is 20.6 Å². The third-order valence-electron chi connectivity index (χ3n) is 2.90. The van der Waals surface area contributed by atoms with Crippen LogP contribution in [0.25, 0.3) is 0 Å². The third-order valence-corrected chi connectivity index (χ3v) is 4.07. The standard InChI is InChI=1S/C13H11Cl4N3O/c14-5-10(16)4-13(21,6-20-8-18-7-19-20)11-2-1-9(15)3-12(11)17/h1-3,5,7-8,21H,4,6H2. The fraction of sp³-hybridized carbons (Fsp3) is 0.231. The highest BCUT2D eigenvalue weighted by Crippen LogP contribution is 2.37. The van der Waals surface area contributed by atoms with E-state index in [9.17, 15) is 5.11 Å². The highest BCUT2D eigenvalue weighted by Gasteiger charge is 2.33. The summed E-state index contributed by atoms with van der Waals surface area (Å²) in [5, 5.41) is 16.1. The number of hydrogen-bond acceptors (Lipinski definition) is 3. The van der Waals surface area contributed by atoms with Crippen molar-refractivity contribution in [2.75, 3.05) is 0 Å². The van der Waals surface area contributed by atoms with E-state index in [1.165, 1.54) is 22.9 Å². The van der Waals surface area contributed by atoms with Gasteiger partial charge in [0.1, 0.15) is 18.3 Å². The van der Waals surface area contributed by atoms with Crippen molar-refractivity contribution in [1.82, 2.24) is 14.8 Å². The Morgan fingerprint density at radius 2 is 2.14 bits per heavy atom. The van der Waals surface area contributed by atoms with Crippen LogP contribution in [-0.4, -0.2) is 19.9 Å². The van der Waals surface area contributed by atoms with Gasteiger partial charge in [-0.3, -0.25) is 0 Å². The van der Waals surface area contributed by atoms with Crippen molar-refractivity contribution in [3.8, 4) is 0 Å². The molecule has 1 heterocycles. The van der Waals surface area contributed by atoms with Crippen molar-refractivity contribution in [3.63, 3.8) is 0 Å². The number of aromatic nitrogens is 3. The van der Waals surface area contributed by atoms with Gasteiger partial charge in [-0.15, -0.1) is 0 Å². The Morgan fingerprint density at radius 3 is 2.71 bits per heavy atom. The van der Waals surface area contributed by atoms with Crippen molar-refractivity contribution >= 4 is 46.4 Å². The summed E-state index contributed by atoms with van der Waals surface area (Å²) in [5.74, 6) is 0. The SMILES string of the molecule is OC(CC(Cl)=CCl)(Cn1cncn1)c1ccc(Cl)cc1Cl. The first-order valence-electron chi connectivity index (χ1n) is 5.90. The van der Waals surface area contributed by atoms with E-state index < -0.39 is 5.60 Å². The van der Waals surface area contributed by atoms with Crippen LogP contribution in [0.2, 0.25) is 10.0 Å². The second-order valence-corrected chi connectivity index (χ2v) is 6.03. The highest BCUT2D eigenvalue weighted by molar-refractivity contribution is 6.36. The van der Waals surface area contributed by atoms with Crippen LogP contribution < -0.4 is 0 Å². The minimum absolute atomic E-state index is 0.0826. The van der Waals surface area contributed by atoms with Gasteiger partial charge in [-0.2, -0.15) is 5.10 Å². The van der Waals surface area contributed by atoms with Crippen molar-refractivity contribution < 1.29 is 5.11 Å². The van der Waals surface area contributed by atoms with Gasteiger partial charge in [0.25, 0.3) is 0 Å². The number of benzene rings is 1. The molecule has 1 atom stereocenters. The van der Waals surface area contributed by atoms with Crippen LogP contribution in [0.1, 0.15) is 12.0 Å². The fourth-order valence-electron chi connectivity index (χ4n) is 2.00. The van der Waals surface area contributed by atoms with E-state index in [2.05, 4.69) is 10.1 Å². The lowest BCUT2D eigenvalue weighted by Gasteiger charge is -2.29. The van der Waals surface area contributed by atoms with E-state index in [0.717, 1.165) is 0 Å². The zero-order valence-corrected chi connectivity index (χ0v) is 13.7. The first kappa shape index (κ1) is 16.6. The van der Waals surface area contributed by atoms with E-state index in [1.807, 2.05) is 0 Å². The molecule has 0 bridgehead atoms. The summed E-state index contributed by atoms with van der Waals surface area (Å²) in [6.45, 7) is 0.120. The summed E-state index contributed by atoms with van der Waals surface area (Å²) in [4.78, 5) is 3.85. The smallest absolute Gasteiger partial charge is 0.137 e. The molecule has 0 fully saturated rings. The Labute approximate surface area is 141 Å². The molecule has 0 aliphatic heterocycles. The molecule has 1 unspecified atom stereocenters. The van der Waals surface area contributed by atoms with Gasteiger partial charge in [-0.1, -0.05) is 52.5 Å². The third kappa shape index (κ3) is 4.11. The van der Waals surface area contributed by atoms with E-state index in [1.54, 1.807) is 18.2 Å². The molecule has 112 valence electrons. The molecular weight excluding hydrogens is 356 g/mol. The molecule has 2 rings (SSSR count). The number of aliphatic hydroxyl groups is 1. The van der Waals surface area contributed by atoms with Gasteiger partial charge in [0.2, 0.25) is 0 Å². The van der Waals surface area contributed by atoms with Gasteiger partial charge in [-0.05, 0) is 12.1 Å². The lowest BCUT2D eigenvalue weighted by atomic mass is 9.90. The predicted octanol–water partition coefficient (Wildman–Crippen LogP) is 4.18. The minimum atomic E-state index is -1.39. The first-order chi connectivity index (χ1) is 9.94. The molecule has 0 saturated heterocycles. The molecule has 21 heavy (non-hydrogen) atoms. The van der Waals surface area contributed by atoms with Gasteiger partial charge in [0, 0.05) is 32.6 Å². The second-order valence-electron chi connectivity index (χ2n) is 4.48. The first-order valence-corrected chi connectivity index (χ1v) is 7.47. The van der Waals surface area contributed by atoms with Crippen LogP contribution in [0.5, 0.6) is 0 Å². The summed E-state index contributed by atoms with van der Waals surface area (Å²) in [7, 11) is 0. The lowest BCUT2D eigenvalue weighted by Crippen LogP contribution is -2.32. The average molecular weight is 367 g/mol. The molecule has 0 amide bonds. The Morgan fingerprint density at radius 1 is 1.38 bits per heavy atom. The lowest BCUT2D eigenvalue weighted by molar-refractivity contribution is 0.0169. The van der Waals surface area contributed by atoms with Crippen LogP contribution in [0.4, 0.5) is 0 Å². The number of rotatable bonds is 5. The molecule has 1 aromatic carbocycles. The van der Waals surface area contributed by atoms with Crippen LogP contribution in [-0.2, 0) is 12.1 Å². The van der Waals surface area contributed by atoms with Gasteiger partial charge >= 0.3 is 0 Å². The monoisotopic (exact) mass is 365 g/mol. The van der Waals surface area contributed by atoms with Crippen LogP contribution >= 0.6 is 46.4 Å². The Hall–Kier alpha value is -0.780. The van der Waals surface area contributed by atoms with Gasteiger partial charge in [0.15, 0.2) is 0 Å². The van der Waals surface area contributed by atoms with Crippen molar-refractivity contribution in [3.05, 3.63) is 57.0 Å². The highest BCUT2D eigenvalue weighted by atomic mass is 35.5. The number of hydrogen-bond donors (Lipinski definition) is 1. The van der Waals surface area contributed by atoms with E-state index in [-0.39, 0.29) is 13.0 Å². The maximum Gasteiger partial charge on any atom is 0.137 e. The Kier molecular flexibility index (Phi) is 5.52. The Balaban J connectivity index is 2.43. The van der Waals surface area contributed by atoms with Crippen LogP contribution in [0.15, 0.2) is 41.4 Å². The van der Waals surface area contributed by atoms with Crippen molar-refractivity contribution in [1.29, 1.82) is 0 Å². The van der Waals surface area contributed by atoms with Crippen LogP contribution in [0.3, 0.4) is 0 Å². The number of halogens is 4. The quantitative estimate of drug-likeness (QED) is 0.863. The molecule has 0 saturated carbocycles. The van der Waals surface area contributed by atoms with Crippen molar-refractivity contribution in [2.45, 2.75) is 18.6 Å². The molecule has 0 spiro atoms. The normalized spacial score (nSPS) is 15.0. The van der Waals surface area contributed by atoms with E-state index in [4.69, 9.17) is 46.4 Å². The summed E-state index contributed by atoms with van der Waals surface area (Å²) in [5.41, 5.74) is 0.302. The predicted molar refractivity (Wildman–Crippen MR) is 84.8 cm³/mol. The molecule has 0 aliphatic carbocycles. The molecule has 0 radical (unpaired) electrons. The summed E-state index contributed by atoms with van der Waals surface area (Å²) in [6.07, 6.45) is 2.95. The minimum Gasteiger partial charge on any atom is -0.383 e. The largest absolute Gasteiger partial charge is 0.383 e. The topological polar surface area (TPSA) is 50.9 Å². The zero-order valence-electron chi connectivity index (χ0n) is 10.7. The van der Waals surface area contributed by atoms with E-state index >= 15 is 0 Å². The van der Waals surface area contributed by atoms with Crippen molar-refractivity contribution in [2.24, 2.45) is 0 Å². The molecule has 1 aromatic heterocycles. The Bertz CT molecular complexity index is 645. The molecular formula is C13H11Cl4N3O. The fourth-order valence-corrected chi connectivity index (χ4v) is 2.89.